The van der Waals surface area contributed by atoms with Gasteiger partial charge in [0.05, 0.1) is 5.38 Å². The summed E-state index contributed by atoms with van der Waals surface area (Å²) in [6, 6.07) is 6.26. The molecule has 1 aromatic carbocycles. The lowest BCUT2D eigenvalue weighted by Gasteiger charge is -2.32. The maximum absolute atomic E-state index is 6.31. The SMILES string of the molecule is Cc1ccc(C2=CC(Cl)CC(C)(C)C2)cc1Cl. The molecule has 0 fully saturated rings. The summed E-state index contributed by atoms with van der Waals surface area (Å²) in [5.41, 5.74) is 3.92. The van der Waals surface area contributed by atoms with Crippen molar-refractivity contribution in [2.45, 2.75) is 39.0 Å². The van der Waals surface area contributed by atoms with Crippen LogP contribution < -0.4 is 0 Å². The third kappa shape index (κ3) is 3.05. The van der Waals surface area contributed by atoms with Crippen molar-refractivity contribution in [3.05, 3.63) is 40.4 Å². The van der Waals surface area contributed by atoms with Crippen LogP contribution in [0.5, 0.6) is 0 Å². The fourth-order valence-electron chi connectivity index (χ4n) is 2.44. The van der Waals surface area contributed by atoms with E-state index in [2.05, 4.69) is 32.1 Å². The minimum atomic E-state index is 0.133. The van der Waals surface area contributed by atoms with Crippen molar-refractivity contribution >= 4 is 28.8 Å². The molecule has 1 aliphatic rings. The maximum atomic E-state index is 6.31. The van der Waals surface area contributed by atoms with Gasteiger partial charge in [-0.1, -0.05) is 43.7 Å². The van der Waals surface area contributed by atoms with Crippen LogP contribution in [0.25, 0.3) is 5.57 Å². The topological polar surface area (TPSA) is 0 Å². The average Bonchev–Trinajstić information content (AvgIpc) is 2.19. The Morgan fingerprint density at radius 2 is 2.00 bits per heavy atom. The van der Waals surface area contributed by atoms with Gasteiger partial charge in [-0.2, -0.15) is 0 Å². The average molecular weight is 269 g/mol. The van der Waals surface area contributed by atoms with Gasteiger partial charge in [-0.25, -0.2) is 0 Å². The van der Waals surface area contributed by atoms with Crippen molar-refractivity contribution in [2.75, 3.05) is 0 Å². The van der Waals surface area contributed by atoms with E-state index in [-0.39, 0.29) is 10.8 Å². The largest absolute Gasteiger partial charge is 0.118 e. The van der Waals surface area contributed by atoms with Crippen molar-refractivity contribution < 1.29 is 0 Å². The third-order valence-corrected chi connectivity index (χ3v) is 4.03. The molecular weight excluding hydrogens is 251 g/mol. The maximum Gasteiger partial charge on any atom is 0.0527 e. The highest BCUT2D eigenvalue weighted by Gasteiger charge is 2.28. The molecule has 1 unspecified atom stereocenters. The number of allylic oxidation sites excluding steroid dienone is 2. The Labute approximate surface area is 114 Å². The molecule has 0 bridgehead atoms. The van der Waals surface area contributed by atoms with Crippen LogP contribution in [-0.4, -0.2) is 5.38 Å². The first-order valence-electron chi connectivity index (χ1n) is 5.99. The van der Waals surface area contributed by atoms with Gasteiger partial charge in [0.1, 0.15) is 0 Å². The Hall–Kier alpha value is -0.460. The highest BCUT2D eigenvalue weighted by Crippen LogP contribution is 2.41. The van der Waals surface area contributed by atoms with Crippen LogP contribution in [0.2, 0.25) is 5.02 Å². The van der Waals surface area contributed by atoms with Gasteiger partial charge in [0, 0.05) is 5.02 Å². The number of benzene rings is 1. The summed E-state index contributed by atoms with van der Waals surface area (Å²) >= 11 is 12.5. The summed E-state index contributed by atoms with van der Waals surface area (Å²) in [4.78, 5) is 0. The second-order valence-corrected chi connectivity index (χ2v) is 6.68. The Bertz CT molecular complexity index is 458. The van der Waals surface area contributed by atoms with Gasteiger partial charge < -0.3 is 0 Å². The summed E-state index contributed by atoms with van der Waals surface area (Å²) in [6.45, 7) is 6.56. The van der Waals surface area contributed by atoms with Gasteiger partial charge in [0.2, 0.25) is 0 Å². The minimum Gasteiger partial charge on any atom is -0.118 e. The van der Waals surface area contributed by atoms with Gasteiger partial charge in [0.25, 0.3) is 0 Å². The van der Waals surface area contributed by atoms with Crippen LogP contribution in [-0.2, 0) is 0 Å². The summed E-state index contributed by atoms with van der Waals surface area (Å²) in [7, 11) is 0. The number of hydrogen-bond acceptors (Lipinski definition) is 0. The quantitative estimate of drug-likeness (QED) is 0.594. The number of hydrogen-bond donors (Lipinski definition) is 0. The standard InChI is InChI=1S/C15H18Cl2/c1-10-4-5-11(7-14(10)17)12-6-13(16)9-15(2,3)8-12/h4-7,13H,8-9H2,1-3H3. The van der Waals surface area contributed by atoms with E-state index in [1.165, 1.54) is 11.1 Å². The molecule has 1 aliphatic carbocycles. The Kier molecular flexibility index (Phi) is 3.56. The molecule has 0 N–H and O–H groups in total. The van der Waals surface area contributed by atoms with Gasteiger partial charge >= 0.3 is 0 Å². The van der Waals surface area contributed by atoms with E-state index in [9.17, 15) is 0 Å². The Balaban J connectivity index is 2.36. The van der Waals surface area contributed by atoms with Gasteiger partial charge in [-0.05, 0) is 47.9 Å². The lowest BCUT2D eigenvalue weighted by atomic mass is 9.75. The molecule has 0 aromatic heterocycles. The summed E-state index contributed by atoms with van der Waals surface area (Å²) < 4.78 is 0. The molecule has 1 aromatic rings. The number of rotatable bonds is 1. The molecule has 0 saturated heterocycles. The first-order chi connectivity index (χ1) is 7.87. The third-order valence-electron chi connectivity index (χ3n) is 3.34. The lowest BCUT2D eigenvalue weighted by molar-refractivity contribution is 0.340. The molecule has 17 heavy (non-hydrogen) atoms. The molecule has 0 saturated carbocycles. The van der Waals surface area contributed by atoms with Crippen molar-refractivity contribution in [2.24, 2.45) is 5.41 Å². The zero-order valence-electron chi connectivity index (χ0n) is 10.6. The fourth-order valence-corrected chi connectivity index (χ4v) is 3.19. The summed E-state index contributed by atoms with van der Waals surface area (Å²) in [6.07, 6.45) is 4.28. The molecular formula is C15H18Cl2. The minimum absolute atomic E-state index is 0.133. The Morgan fingerprint density at radius 3 is 2.59 bits per heavy atom. The van der Waals surface area contributed by atoms with E-state index >= 15 is 0 Å². The van der Waals surface area contributed by atoms with Crippen molar-refractivity contribution in [1.82, 2.24) is 0 Å². The van der Waals surface area contributed by atoms with E-state index < -0.39 is 0 Å². The van der Waals surface area contributed by atoms with E-state index in [0.29, 0.717) is 0 Å². The molecule has 2 heteroatoms. The molecule has 0 aliphatic heterocycles. The predicted octanol–water partition coefficient (Wildman–Crippen LogP) is 5.46. The van der Waals surface area contributed by atoms with Crippen LogP contribution in [0, 0.1) is 12.3 Å². The van der Waals surface area contributed by atoms with E-state index in [4.69, 9.17) is 23.2 Å². The van der Waals surface area contributed by atoms with Gasteiger partial charge in [0.15, 0.2) is 0 Å². The molecule has 0 heterocycles. The summed E-state index contributed by atoms with van der Waals surface area (Å²) in [5.74, 6) is 0. The highest BCUT2D eigenvalue weighted by atomic mass is 35.5. The van der Waals surface area contributed by atoms with E-state index in [1.54, 1.807) is 0 Å². The molecule has 0 spiro atoms. The van der Waals surface area contributed by atoms with Crippen molar-refractivity contribution in [3.8, 4) is 0 Å². The number of alkyl halides is 1. The molecule has 2 rings (SSSR count). The zero-order valence-corrected chi connectivity index (χ0v) is 12.1. The van der Waals surface area contributed by atoms with Gasteiger partial charge in [-0.3, -0.25) is 0 Å². The second-order valence-electron chi connectivity index (χ2n) is 5.72. The molecule has 0 amide bonds. The van der Waals surface area contributed by atoms with Gasteiger partial charge in [-0.15, -0.1) is 11.6 Å². The molecule has 1 atom stereocenters. The van der Waals surface area contributed by atoms with E-state index in [0.717, 1.165) is 23.4 Å². The van der Waals surface area contributed by atoms with E-state index in [1.807, 2.05) is 13.0 Å². The molecule has 0 radical (unpaired) electrons. The fraction of sp³-hybridized carbons (Fsp3) is 0.467. The van der Waals surface area contributed by atoms with Crippen LogP contribution in [0.3, 0.4) is 0 Å². The first-order valence-corrected chi connectivity index (χ1v) is 6.80. The number of halogens is 2. The van der Waals surface area contributed by atoms with Crippen LogP contribution >= 0.6 is 23.2 Å². The normalized spacial score (nSPS) is 23.4. The summed E-state index contributed by atoms with van der Waals surface area (Å²) in [5, 5.41) is 0.965. The van der Waals surface area contributed by atoms with Crippen LogP contribution in [0.15, 0.2) is 24.3 Å². The highest BCUT2D eigenvalue weighted by molar-refractivity contribution is 6.31. The van der Waals surface area contributed by atoms with Crippen molar-refractivity contribution in [3.63, 3.8) is 0 Å². The first kappa shape index (κ1) is 13.0. The van der Waals surface area contributed by atoms with Crippen molar-refractivity contribution in [1.29, 1.82) is 0 Å². The monoisotopic (exact) mass is 268 g/mol. The van der Waals surface area contributed by atoms with Crippen LogP contribution in [0.4, 0.5) is 0 Å². The van der Waals surface area contributed by atoms with Crippen LogP contribution in [0.1, 0.15) is 37.8 Å². The zero-order chi connectivity index (χ0) is 12.6. The smallest absolute Gasteiger partial charge is 0.0527 e. The molecule has 0 nitrogen and oxygen atoms in total. The molecule has 92 valence electrons. The predicted molar refractivity (Wildman–Crippen MR) is 76.8 cm³/mol. The number of aryl methyl sites for hydroxylation is 1. The Morgan fingerprint density at radius 1 is 1.29 bits per heavy atom. The second kappa shape index (κ2) is 4.66. The lowest BCUT2D eigenvalue weighted by Crippen LogP contribution is -2.21.